The molecule has 0 spiro atoms. The highest BCUT2D eigenvalue weighted by molar-refractivity contribution is 5.73. The number of carboxylic acid groups (broad SMARTS) is 2. The van der Waals surface area contributed by atoms with Crippen LogP contribution in [0.15, 0.2) is 24.5 Å². The lowest BCUT2D eigenvalue weighted by molar-refractivity contribution is -0.193. The maximum absolute atomic E-state index is 10.6. The van der Waals surface area contributed by atoms with Gasteiger partial charge >= 0.3 is 24.3 Å². The minimum atomic E-state index is -5.08. The lowest BCUT2D eigenvalue weighted by atomic mass is 10.0. The van der Waals surface area contributed by atoms with Crippen molar-refractivity contribution in [2.24, 2.45) is 5.92 Å². The van der Waals surface area contributed by atoms with Gasteiger partial charge in [-0.25, -0.2) is 9.59 Å². The Morgan fingerprint density at radius 1 is 1.09 bits per heavy atom. The summed E-state index contributed by atoms with van der Waals surface area (Å²) in [5.41, 5.74) is 1.21. The van der Waals surface area contributed by atoms with Gasteiger partial charge in [0.1, 0.15) is 0 Å². The van der Waals surface area contributed by atoms with Crippen molar-refractivity contribution in [3.05, 3.63) is 30.1 Å². The van der Waals surface area contributed by atoms with Crippen molar-refractivity contribution in [1.82, 2.24) is 9.88 Å². The molecule has 3 rings (SSSR count). The van der Waals surface area contributed by atoms with Crippen LogP contribution in [-0.4, -0.2) is 87.9 Å². The molecule has 0 amide bonds. The van der Waals surface area contributed by atoms with Crippen LogP contribution >= 0.6 is 0 Å². The molecule has 2 aliphatic rings. The Balaban J connectivity index is 0.000000324. The number of alkyl halides is 6. The molecule has 0 radical (unpaired) electrons. The van der Waals surface area contributed by atoms with Crippen LogP contribution in [0.5, 0.6) is 0 Å². The SMILES string of the molecule is O=C(O)C(F)(F)F.O=C(O)C(F)(F)F.O[C@@H]1CCN(CC2CCOC2)[C@H]1Cc1cccnc1. The second-order valence-corrected chi connectivity index (χ2v) is 7.32. The second kappa shape index (κ2) is 12.7. The van der Waals surface area contributed by atoms with Crippen LogP contribution in [0.2, 0.25) is 0 Å². The van der Waals surface area contributed by atoms with E-state index in [0.717, 1.165) is 45.6 Å². The molecule has 1 aromatic rings. The van der Waals surface area contributed by atoms with E-state index in [1.54, 1.807) is 6.20 Å². The van der Waals surface area contributed by atoms with E-state index in [0.29, 0.717) is 5.92 Å². The first-order chi connectivity index (χ1) is 15.2. The van der Waals surface area contributed by atoms with E-state index in [4.69, 9.17) is 24.5 Å². The summed E-state index contributed by atoms with van der Waals surface area (Å²) >= 11 is 0. The van der Waals surface area contributed by atoms with Gasteiger partial charge in [0.05, 0.1) is 12.7 Å². The van der Waals surface area contributed by atoms with E-state index in [1.807, 2.05) is 12.3 Å². The molecule has 188 valence electrons. The number of ether oxygens (including phenoxy) is 1. The highest BCUT2D eigenvalue weighted by atomic mass is 19.4. The number of hydrogen-bond donors (Lipinski definition) is 3. The number of halogens is 6. The number of aliphatic hydroxyl groups is 1. The molecule has 0 saturated carbocycles. The van der Waals surface area contributed by atoms with Gasteiger partial charge in [0.2, 0.25) is 0 Å². The third-order valence-corrected chi connectivity index (χ3v) is 4.79. The summed E-state index contributed by atoms with van der Waals surface area (Å²) in [6.07, 6.45) is -3.74. The smallest absolute Gasteiger partial charge is 0.475 e. The molecule has 8 nitrogen and oxygen atoms in total. The van der Waals surface area contributed by atoms with Gasteiger partial charge in [-0.2, -0.15) is 26.3 Å². The monoisotopic (exact) mass is 490 g/mol. The molecule has 2 aliphatic heterocycles. The third-order valence-electron chi connectivity index (χ3n) is 4.79. The summed E-state index contributed by atoms with van der Waals surface area (Å²) in [5.74, 6) is -4.87. The zero-order valence-electron chi connectivity index (χ0n) is 17.2. The Kier molecular flexibility index (Phi) is 11.0. The highest BCUT2D eigenvalue weighted by Gasteiger charge is 2.39. The third kappa shape index (κ3) is 10.8. The Bertz CT molecular complexity index is 717. The van der Waals surface area contributed by atoms with Crippen LogP contribution in [0.1, 0.15) is 18.4 Å². The van der Waals surface area contributed by atoms with Gasteiger partial charge < -0.3 is 20.1 Å². The molecule has 3 N–H and O–H groups in total. The van der Waals surface area contributed by atoms with Crippen LogP contribution in [0.4, 0.5) is 26.3 Å². The van der Waals surface area contributed by atoms with Crippen molar-refractivity contribution >= 4 is 11.9 Å². The quantitative estimate of drug-likeness (QED) is 0.551. The van der Waals surface area contributed by atoms with E-state index in [9.17, 15) is 31.4 Å². The molecule has 2 saturated heterocycles. The molecule has 0 aromatic carbocycles. The highest BCUT2D eigenvalue weighted by Crippen LogP contribution is 2.25. The van der Waals surface area contributed by atoms with E-state index in [-0.39, 0.29) is 12.1 Å². The fourth-order valence-corrected chi connectivity index (χ4v) is 3.21. The number of pyridine rings is 1. The molecule has 14 heteroatoms. The summed E-state index contributed by atoms with van der Waals surface area (Å²) in [4.78, 5) is 24.4. The summed E-state index contributed by atoms with van der Waals surface area (Å²) in [5, 5.41) is 24.5. The van der Waals surface area contributed by atoms with Crippen LogP contribution < -0.4 is 0 Å². The number of nitrogens with zero attached hydrogens (tertiary/aromatic N) is 2. The van der Waals surface area contributed by atoms with Gasteiger partial charge in [0.15, 0.2) is 0 Å². The van der Waals surface area contributed by atoms with Crippen molar-refractivity contribution in [3.63, 3.8) is 0 Å². The van der Waals surface area contributed by atoms with Crippen LogP contribution in [-0.2, 0) is 20.7 Å². The van der Waals surface area contributed by atoms with Crippen molar-refractivity contribution in [1.29, 1.82) is 0 Å². The molecule has 0 aliphatic carbocycles. The Morgan fingerprint density at radius 2 is 1.67 bits per heavy atom. The van der Waals surface area contributed by atoms with Gasteiger partial charge in [-0.05, 0) is 36.8 Å². The van der Waals surface area contributed by atoms with Crippen LogP contribution in [0, 0.1) is 5.92 Å². The molecule has 2 fully saturated rings. The maximum Gasteiger partial charge on any atom is 0.490 e. The maximum atomic E-state index is 10.6. The fourth-order valence-electron chi connectivity index (χ4n) is 3.21. The fraction of sp³-hybridized carbons (Fsp3) is 0.632. The number of aromatic nitrogens is 1. The van der Waals surface area contributed by atoms with Gasteiger partial charge in [-0.3, -0.25) is 9.88 Å². The topological polar surface area (TPSA) is 120 Å². The van der Waals surface area contributed by atoms with Gasteiger partial charge in [0.25, 0.3) is 0 Å². The van der Waals surface area contributed by atoms with Gasteiger partial charge in [-0.1, -0.05) is 6.07 Å². The largest absolute Gasteiger partial charge is 0.490 e. The zero-order chi connectivity index (χ0) is 25.2. The molecular formula is C19H24F6N2O6. The standard InChI is InChI=1S/C15H22N2O2.2C2HF3O2/c18-15-3-6-17(10-13-4-7-19-11-13)14(15)8-12-2-1-5-16-9-12;2*3-2(4,5)1(6)7/h1-2,5,9,13-15,18H,3-4,6-8,10-11H2;2*(H,6,7)/t13?,14-,15+;;/m0../s1. The Hall–Kier alpha value is -2.45. The first-order valence-corrected chi connectivity index (χ1v) is 9.70. The van der Waals surface area contributed by atoms with E-state index >= 15 is 0 Å². The van der Waals surface area contributed by atoms with E-state index in [2.05, 4.69) is 16.0 Å². The van der Waals surface area contributed by atoms with Crippen LogP contribution in [0.25, 0.3) is 0 Å². The summed E-state index contributed by atoms with van der Waals surface area (Å²) in [6.45, 7) is 3.84. The summed E-state index contributed by atoms with van der Waals surface area (Å²) in [7, 11) is 0. The first-order valence-electron chi connectivity index (χ1n) is 9.70. The number of rotatable bonds is 4. The lowest BCUT2D eigenvalue weighted by Gasteiger charge is -2.28. The molecule has 0 bridgehead atoms. The number of likely N-dealkylation sites (tertiary alicyclic amines) is 1. The predicted octanol–water partition coefficient (Wildman–Crippen LogP) is 2.36. The first kappa shape index (κ1) is 28.6. The average molecular weight is 490 g/mol. The second-order valence-electron chi connectivity index (χ2n) is 7.32. The normalized spacial score (nSPS) is 23.2. The number of carbonyl (C=O) groups is 2. The summed E-state index contributed by atoms with van der Waals surface area (Å²) in [6, 6.07) is 4.30. The van der Waals surface area contributed by atoms with Crippen molar-refractivity contribution in [3.8, 4) is 0 Å². The van der Waals surface area contributed by atoms with Crippen LogP contribution in [0.3, 0.4) is 0 Å². The van der Waals surface area contributed by atoms with Crippen molar-refractivity contribution in [2.75, 3.05) is 26.3 Å². The zero-order valence-corrected chi connectivity index (χ0v) is 17.2. The Morgan fingerprint density at radius 3 is 2.09 bits per heavy atom. The molecule has 33 heavy (non-hydrogen) atoms. The molecule has 1 aromatic heterocycles. The minimum Gasteiger partial charge on any atom is -0.475 e. The number of hydrogen-bond acceptors (Lipinski definition) is 6. The lowest BCUT2D eigenvalue weighted by Crippen LogP contribution is -2.40. The summed E-state index contributed by atoms with van der Waals surface area (Å²) < 4.78 is 68.9. The molecular weight excluding hydrogens is 466 g/mol. The molecule has 1 unspecified atom stereocenters. The number of aliphatic carboxylic acids is 2. The number of carboxylic acids is 2. The van der Waals surface area contributed by atoms with E-state index in [1.165, 1.54) is 5.56 Å². The van der Waals surface area contributed by atoms with Gasteiger partial charge in [0, 0.05) is 38.1 Å². The molecule has 3 heterocycles. The minimum absolute atomic E-state index is 0.206. The van der Waals surface area contributed by atoms with Gasteiger partial charge in [-0.15, -0.1) is 0 Å². The Labute approximate surface area is 184 Å². The van der Waals surface area contributed by atoms with Crippen molar-refractivity contribution in [2.45, 2.75) is 43.8 Å². The average Bonchev–Trinajstić information content (AvgIpc) is 3.34. The molecule has 3 atom stereocenters. The predicted molar refractivity (Wildman–Crippen MR) is 100 cm³/mol. The van der Waals surface area contributed by atoms with E-state index < -0.39 is 24.3 Å². The van der Waals surface area contributed by atoms with Crippen molar-refractivity contribution < 1.29 is 56.0 Å². The number of aliphatic hydroxyl groups excluding tert-OH is 1.